The van der Waals surface area contributed by atoms with E-state index in [9.17, 15) is 0 Å². The van der Waals surface area contributed by atoms with E-state index >= 15 is 0 Å². The Bertz CT molecular complexity index is 527. The molecule has 5 heteroatoms. The van der Waals surface area contributed by atoms with Gasteiger partial charge in [0.25, 0.3) is 0 Å². The van der Waals surface area contributed by atoms with Crippen molar-refractivity contribution in [2.75, 3.05) is 0 Å². The van der Waals surface area contributed by atoms with Gasteiger partial charge in [-0.25, -0.2) is 9.97 Å². The van der Waals surface area contributed by atoms with Gasteiger partial charge in [-0.05, 0) is 5.41 Å². The molecule has 4 nitrogen and oxygen atoms in total. The van der Waals surface area contributed by atoms with E-state index in [1.165, 1.54) is 0 Å². The molecule has 2 aromatic heterocycles. The summed E-state index contributed by atoms with van der Waals surface area (Å²) < 4.78 is 1.75. The summed E-state index contributed by atoms with van der Waals surface area (Å²) >= 11 is 6.41. The summed E-state index contributed by atoms with van der Waals surface area (Å²) in [5, 5.41) is 5.23. The largest absolute Gasteiger partial charge is 0.250 e. The number of fused-ring (bicyclic) bond motifs is 1. The number of hydrogen-bond donors (Lipinski definition) is 0. The summed E-state index contributed by atoms with van der Waals surface area (Å²) in [6, 6.07) is 0. The molecule has 0 radical (unpaired) electrons. The fourth-order valence-electron chi connectivity index (χ4n) is 1.65. The molecule has 0 fully saturated rings. The second-order valence-corrected chi connectivity index (χ2v) is 5.89. The molecule has 0 N–H and O–H groups in total. The standard InChI is InChI=1S/C12H17ClN4/c1-12(2,3)10(13)5-9-8-6-16-17(4)11(8)15-7-14-9/h6-7,10H,5H2,1-4H3. The van der Waals surface area contributed by atoms with Crippen LogP contribution in [0.1, 0.15) is 26.5 Å². The monoisotopic (exact) mass is 252 g/mol. The van der Waals surface area contributed by atoms with Crippen molar-refractivity contribution < 1.29 is 0 Å². The number of nitrogens with zero attached hydrogens (tertiary/aromatic N) is 4. The van der Waals surface area contributed by atoms with Gasteiger partial charge in [0.1, 0.15) is 6.33 Å². The Kier molecular flexibility index (Phi) is 3.08. The normalized spacial score (nSPS) is 14.2. The maximum Gasteiger partial charge on any atom is 0.161 e. The van der Waals surface area contributed by atoms with Crippen molar-refractivity contribution in [1.82, 2.24) is 19.7 Å². The zero-order valence-corrected chi connectivity index (χ0v) is 11.4. The lowest BCUT2D eigenvalue weighted by Crippen LogP contribution is -2.23. The molecule has 0 aliphatic carbocycles. The molecule has 92 valence electrons. The minimum atomic E-state index is 0.0424. The summed E-state index contributed by atoms with van der Waals surface area (Å²) in [5.74, 6) is 0. The molecular weight excluding hydrogens is 236 g/mol. The van der Waals surface area contributed by atoms with Gasteiger partial charge in [-0.3, -0.25) is 4.68 Å². The lowest BCUT2D eigenvalue weighted by atomic mass is 9.89. The van der Waals surface area contributed by atoms with Crippen LogP contribution >= 0.6 is 11.6 Å². The highest BCUT2D eigenvalue weighted by atomic mass is 35.5. The Labute approximate surface area is 106 Å². The van der Waals surface area contributed by atoms with Crippen LogP contribution in [-0.2, 0) is 13.5 Å². The van der Waals surface area contributed by atoms with Crippen LogP contribution in [0.3, 0.4) is 0 Å². The summed E-state index contributed by atoms with van der Waals surface area (Å²) in [6.07, 6.45) is 4.11. The van der Waals surface area contributed by atoms with Gasteiger partial charge in [-0.2, -0.15) is 5.10 Å². The van der Waals surface area contributed by atoms with Gasteiger partial charge in [-0.15, -0.1) is 11.6 Å². The van der Waals surface area contributed by atoms with Crippen molar-refractivity contribution in [3.63, 3.8) is 0 Å². The maximum atomic E-state index is 6.41. The van der Waals surface area contributed by atoms with Crippen molar-refractivity contribution in [3.8, 4) is 0 Å². The second-order valence-electron chi connectivity index (χ2n) is 5.36. The third-order valence-electron chi connectivity index (χ3n) is 2.92. The molecule has 2 rings (SSSR count). The highest BCUT2D eigenvalue weighted by molar-refractivity contribution is 6.21. The number of alkyl halides is 1. The average molecular weight is 253 g/mol. The first-order valence-corrected chi connectivity index (χ1v) is 6.09. The highest BCUT2D eigenvalue weighted by Gasteiger charge is 2.24. The van der Waals surface area contributed by atoms with Gasteiger partial charge in [0.15, 0.2) is 5.65 Å². The van der Waals surface area contributed by atoms with E-state index in [1.54, 1.807) is 17.2 Å². The predicted molar refractivity (Wildman–Crippen MR) is 69.1 cm³/mol. The summed E-state index contributed by atoms with van der Waals surface area (Å²) in [6.45, 7) is 6.39. The van der Waals surface area contributed by atoms with Crippen LogP contribution in [0.25, 0.3) is 11.0 Å². The van der Waals surface area contributed by atoms with E-state index < -0.39 is 0 Å². The molecule has 0 bridgehead atoms. The third-order valence-corrected chi connectivity index (χ3v) is 3.73. The first-order valence-electron chi connectivity index (χ1n) is 5.65. The zero-order chi connectivity index (χ0) is 12.6. The van der Waals surface area contributed by atoms with E-state index in [0.29, 0.717) is 0 Å². The zero-order valence-electron chi connectivity index (χ0n) is 10.6. The Morgan fingerprint density at radius 3 is 2.71 bits per heavy atom. The minimum absolute atomic E-state index is 0.0424. The molecule has 0 amide bonds. The van der Waals surface area contributed by atoms with Crippen molar-refractivity contribution in [1.29, 1.82) is 0 Å². The Hall–Kier alpha value is -1.16. The molecule has 0 aliphatic rings. The van der Waals surface area contributed by atoms with Gasteiger partial charge in [0.05, 0.1) is 17.3 Å². The molecule has 2 heterocycles. The van der Waals surface area contributed by atoms with Crippen LogP contribution in [0.2, 0.25) is 0 Å². The topological polar surface area (TPSA) is 43.6 Å². The Morgan fingerprint density at radius 2 is 2.06 bits per heavy atom. The van der Waals surface area contributed by atoms with Gasteiger partial charge in [0, 0.05) is 18.8 Å². The van der Waals surface area contributed by atoms with E-state index in [1.807, 2.05) is 7.05 Å². The van der Waals surface area contributed by atoms with Crippen LogP contribution in [0.15, 0.2) is 12.5 Å². The number of aromatic nitrogens is 4. The molecule has 0 saturated heterocycles. The molecule has 0 saturated carbocycles. The lowest BCUT2D eigenvalue weighted by Gasteiger charge is -2.24. The smallest absolute Gasteiger partial charge is 0.161 e. The van der Waals surface area contributed by atoms with Crippen molar-refractivity contribution >= 4 is 22.6 Å². The number of halogens is 1. The van der Waals surface area contributed by atoms with Gasteiger partial charge >= 0.3 is 0 Å². The molecule has 0 aliphatic heterocycles. The van der Waals surface area contributed by atoms with Crippen molar-refractivity contribution in [3.05, 3.63) is 18.2 Å². The summed E-state index contributed by atoms with van der Waals surface area (Å²) in [4.78, 5) is 8.54. The fraction of sp³-hybridized carbons (Fsp3) is 0.583. The molecule has 1 unspecified atom stereocenters. The molecule has 2 aromatic rings. The second kappa shape index (κ2) is 4.26. The molecular formula is C12H17ClN4. The van der Waals surface area contributed by atoms with Gasteiger partial charge in [-0.1, -0.05) is 20.8 Å². The Morgan fingerprint density at radius 1 is 1.35 bits per heavy atom. The van der Waals surface area contributed by atoms with Crippen LogP contribution in [0, 0.1) is 5.41 Å². The quantitative estimate of drug-likeness (QED) is 0.772. The van der Waals surface area contributed by atoms with Crippen molar-refractivity contribution in [2.24, 2.45) is 12.5 Å². The molecule has 17 heavy (non-hydrogen) atoms. The van der Waals surface area contributed by atoms with Crippen LogP contribution in [0.5, 0.6) is 0 Å². The summed E-state index contributed by atoms with van der Waals surface area (Å²) in [5.41, 5.74) is 1.88. The van der Waals surface area contributed by atoms with E-state index in [2.05, 4.69) is 35.8 Å². The van der Waals surface area contributed by atoms with E-state index in [-0.39, 0.29) is 10.8 Å². The first-order chi connectivity index (χ1) is 7.89. The Balaban J connectivity index is 2.37. The first kappa shape index (κ1) is 12.3. The number of rotatable bonds is 2. The van der Waals surface area contributed by atoms with Gasteiger partial charge in [0.2, 0.25) is 0 Å². The predicted octanol–water partition coefficient (Wildman–Crippen LogP) is 2.56. The minimum Gasteiger partial charge on any atom is -0.250 e. The van der Waals surface area contributed by atoms with Gasteiger partial charge < -0.3 is 0 Å². The average Bonchev–Trinajstić information content (AvgIpc) is 2.60. The van der Waals surface area contributed by atoms with E-state index in [0.717, 1.165) is 23.1 Å². The molecule has 0 aromatic carbocycles. The fourth-order valence-corrected chi connectivity index (χ4v) is 1.80. The third kappa shape index (κ3) is 2.41. The van der Waals surface area contributed by atoms with Crippen LogP contribution in [0.4, 0.5) is 0 Å². The highest BCUT2D eigenvalue weighted by Crippen LogP contribution is 2.28. The number of aryl methyl sites for hydroxylation is 1. The van der Waals surface area contributed by atoms with Crippen molar-refractivity contribution in [2.45, 2.75) is 32.6 Å². The molecule has 0 spiro atoms. The van der Waals surface area contributed by atoms with Crippen LogP contribution < -0.4 is 0 Å². The maximum absolute atomic E-state index is 6.41. The summed E-state index contributed by atoms with van der Waals surface area (Å²) in [7, 11) is 1.88. The SMILES string of the molecule is Cn1ncc2c(CC(Cl)C(C)(C)C)ncnc21. The van der Waals surface area contributed by atoms with E-state index in [4.69, 9.17) is 11.6 Å². The number of hydrogen-bond acceptors (Lipinski definition) is 3. The molecule has 1 atom stereocenters. The lowest BCUT2D eigenvalue weighted by molar-refractivity contribution is 0.385. The van der Waals surface area contributed by atoms with Crippen LogP contribution in [-0.4, -0.2) is 25.1 Å².